The number of aryl methyl sites for hydroxylation is 1. The van der Waals surface area contributed by atoms with Crippen molar-refractivity contribution in [2.24, 2.45) is 0 Å². The van der Waals surface area contributed by atoms with Gasteiger partial charge in [0.15, 0.2) is 5.69 Å². The normalized spacial score (nSPS) is 11.3. The molecule has 0 spiro atoms. The van der Waals surface area contributed by atoms with Gasteiger partial charge in [0.2, 0.25) is 5.95 Å². The molecule has 1 aromatic heterocycles. The summed E-state index contributed by atoms with van der Waals surface area (Å²) in [4.78, 5) is 17.8. The van der Waals surface area contributed by atoms with Crippen LogP contribution in [0, 0.1) is 6.92 Å². The van der Waals surface area contributed by atoms with Crippen molar-refractivity contribution in [2.75, 3.05) is 11.9 Å². The molecule has 0 bridgehead atoms. The molecule has 0 fully saturated rings. The number of nitrogens with one attached hydrogen (secondary N) is 1. The first kappa shape index (κ1) is 15.7. The van der Waals surface area contributed by atoms with Gasteiger partial charge < -0.3 is 10.4 Å². The molecule has 0 aliphatic carbocycles. The van der Waals surface area contributed by atoms with Crippen molar-refractivity contribution >= 4 is 11.9 Å². The molecule has 1 heterocycles. The maximum Gasteiger partial charge on any atom is 0.433 e. The van der Waals surface area contributed by atoms with Crippen LogP contribution in [0.4, 0.5) is 19.1 Å². The minimum Gasteiger partial charge on any atom is -0.480 e. The molecule has 0 amide bonds. The van der Waals surface area contributed by atoms with Gasteiger partial charge in [-0.15, -0.1) is 0 Å². The van der Waals surface area contributed by atoms with Crippen LogP contribution in [-0.4, -0.2) is 27.6 Å². The van der Waals surface area contributed by atoms with Crippen molar-refractivity contribution in [3.8, 4) is 11.3 Å². The van der Waals surface area contributed by atoms with Gasteiger partial charge in [-0.3, -0.25) is 4.79 Å². The highest BCUT2D eigenvalue weighted by Crippen LogP contribution is 2.31. The Labute approximate surface area is 123 Å². The van der Waals surface area contributed by atoms with E-state index >= 15 is 0 Å². The highest BCUT2D eigenvalue weighted by molar-refractivity contribution is 5.72. The maximum absolute atomic E-state index is 12.9. The van der Waals surface area contributed by atoms with Crippen LogP contribution in [0.25, 0.3) is 11.3 Å². The molecule has 2 aromatic rings. The zero-order valence-corrected chi connectivity index (χ0v) is 11.5. The summed E-state index contributed by atoms with van der Waals surface area (Å²) in [5.74, 6) is -1.60. The Morgan fingerprint density at radius 2 is 1.95 bits per heavy atom. The van der Waals surface area contributed by atoms with Crippen LogP contribution in [0.3, 0.4) is 0 Å². The molecular weight excluding hydrogens is 299 g/mol. The highest BCUT2D eigenvalue weighted by Gasteiger charge is 2.34. The summed E-state index contributed by atoms with van der Waals surface area (Å²) in [5.41, 5.74) is 0.217. The van der Waals surface area contributed by atoms with E-state index in [1.165, 1.54) is 0 Å². The van der Waals surface area contributed by atoms with Gasteiger partial charge in [0.05, 0.1) is 5.69 Å². The smallest absolute Gasteiger partial charge is 0.433 e. The molecular formula is C14H12F3N3O2. The van der Waals surface area contributed by atoms with Gasteiger partial charge in [-0.05, 0) is 18.6 Å². The number of halogens is 3. The molecule has 1 aromatic carbocycles. The number of hydrogen-bond donors (Lipinski definition) is 2. The average molecular weight is 311 g/mol. The first-order chi connectivity index (χ1) is 10.3. The third-order valence-electron chi connectivity index (χ3n) is 2.84. The van der Waals surface area contributed by atoms with Gasteiger partial charge in [0, 0.05) is 5.56 Å². The van der Waals surface area contributed by atoms with Crippen molar-refractivity contribution in [1.29, 1.82) is 0 Å². The number of anilines is 1. The van der Waals surface area contributed by atoms with E-state index in [4.69, 9.17) is 5.11 Å². The van der Waals surface area contributed by atoms with E-state index in [-0.39, 0.29) is 11.6 Å². The van der Waals surface area contributed by atoms with Crippen molar-refractivity contribution in [1.82, 2.24) is 9.97 Å². The Bertz CT molecular complexity index is 702. The molecule has 116 valence electrons. The molecule has 0 aliphatic rings. The number of aliphatic carboxylic acids is 1. The molecule has 0 atom stereocenters. The van der Waals surface area contributed by atoms with E-state index in [1.54, 1.807) is 31.2 Å². The fraction of sp³-hybridized carbons (Fsp3) is 0.214. The quantitative estimate of drug-likeness (QED) is 0.908. The molecule has 2 rings (SSSR count). The standard InChI is InChI=1S/C14H12F3N3O2/c1-8-4-2-3-5-9(8)10-6-11(14(15,16)17)20-13(19-10)18-7-12(21)22/h2-6H,7H2,1H3,(H,21,22)(H,18,19,20). The molecule has 8 heteroatoms. The number of carboxylic acid groups (broad SMARTS) is 1. The Morgan fingerprint density at radius 1 is 1.27 bits per heavy atom. The lowest BCUT2D eigenvalue weighted by molar-refractivity contribution is -0.141. The molecule has 0 saturated carbocycles. The van der Waals surface area contributed by atoms with E-state index in [9.17, 15) is 18.0 Å². The second kappa shape index (κ2) is 6.00. The number of carboxylic acids is 1. The molecule has 0 aliphatic heterocycles. The first-order valence-corrected chi connectivity index (χ1v) is 6.25. The van der Waals surface area contributed by atoms with E-state index in [2.05, 4.69) is 15.3 Å². The Balaban J connectivity index is 2.51. The summed E-state index contributed by atoms with van der Waals surface area (Å²) in [6.45, 7) is 1.17. The fourth-order valence-corrected chi connectivity index (χ4v) is 1.82. The van der Waals surface area contributed by atoms with E-state index in [1.807, 2.05) is 0 Å². The van der Waals surface area contributed by atoms with Crippen molar-refractivity contribution in [2.45, 2.75) is 13.1 Å². The Hall–Kier alpha value is -2.64. The highest BCUT2D eigenvalue weighted by atomic mass is 19.4. The average Bonchev–Trinajstić information content (AvgIpc) is 2.44. The second-order valence-electron chi connectivity index (χ2n) is 4.52. The number of alkyl halides is 3. The predicted molar refractivity (Wildman–Crippen MR) is 73.3 cm³/mol. The van der Waals surface area contributed by atoms with Crippen LogP contribution in [0.1, 0.15) is 11.3 Å². The van der Waals surface area contributed by atoms with Gasteiger partial charge in [0.1, 0.15) is 6.54 Å². The summed E-state index contributed by atoms with van der Waals surface area (Å²) in [6, 6.07) is 7.67. The summed E-state index contributed by atoms with van der Waals surface area (Å²) in [6.07, 6.45) is -4.65. The molecule has 0 radical (unpaired) electrons. The molecule has 5 nitrogen and oxygen atoms in total. The zero-order valence-electron chi connectivity index (χ0n) is 11.5. The Kier molecular flexibility index (Phi) is 4.30. The Morgan fingerprint density at radius 3 is 2.55 bits per heavy atom. The predicted octanol–water partition coefficient (Wildman–Crippen LogP) is 2.97. The monoisotopic (exact) mass is 311 g/mol. The van der Waals surface area contributed by atoms with Gasteiger partial charge in [-0.25, -0.2) is 9.97 Å². The van der Waals surface area contributed by atoms with Gasteiger partial charge in [0.25, 0.3) is 0 Å². The van der Waals surface area contributed by atoms with Crippen LogP contribution >= 0.6 is 0 Å². The number of hydrogen-bond acceptors (Lipinski definition) is 4. The van der Waals surface area contributed by atoms with Gasteiger partial charge >= 0.3 is 12.1 Å². The summed E-state index contributed by atoms with van der Waals surface area (Å²) < 4.78 is 38.8. The minimum atomic E-state index is -4.65. The lowest BCUT2D eigenvalue weighted by atomic mass is 10.1. The topological polar surface area (TPSA) is 75.1 Å². The van der Waals surface area contributed by atoms with Gasteiger partial charge in [-0.1, -0.05) is 24.3 Å². The maximum atomic E-state index is 12.9. The number of nitrogens with zero attached hydrogens (tertiary/aromatic N) is 2. The van der Waals surface area contributed by atoms with Crippen LogP contribution in [-0.2, 0) is 11.0 Å². The number of carbonyl (C=O) groups is 1. The largest absolute Gasteiger partial charge is 0.480 e. The molecule has 22 heavy (non-hydrogen) atoms. The van der Waals surface area contributed by atoms with Crippen molar-refractivity contribution in [3.05, 3.63) is 41.6 Å². The second-order valence-corrected chi connectivity index (χ2v) is 4.52. The first-order valence-electron chi connectivity index (χ1n) is 6.25. The summed E-state index contributed by atoms with van der Waals surface area (Å²) >= 11 is 0. The lowest BCUT2D eigenvalue weighted by Gasteiger charge is -2.12. The van der Waals surface area contributed by atoms with Crippen LogP contribution in [0.5, 0.6) is 0 Å². The molecule has 0 unspecified atom stereocenters. The van der Waals surface area contributed by atoms with Crippen molar-refractivity contribution in [3.63, 3.8) is 0 Å². The van der Waals surface area contributed by atoms with E-state index in [0.717, 1.165) is 11.6 Å². The minimum absolute atomic E-state index is 0.0771. The molecule has 0 saturated heterocycles. The van der Waals surface area contributed by atoms with Crippen molar-refractivity contribution < 1.29 is 23.1 Å². The van der Waals surface area contributed by atoms with Crippen LogP contribution in [0.2, 0.25) is 0 Å². The van der Waals surface area contributed by atoms with E-state index < -0.39 is 24.4 Å². The SMILES string of the molecule is Cc1ccccc1-c1cc(C(F)(F)F)nc(NCC(=O)O)n1. The van der Waals surface area contributed by atoms with E-state index in [0.29, 0.717) is 5.56 Å². The van der Waals surface area contributed by atoms with Gasteiger partial charge in [-0.2, -0.15) is 13.2 Å². The summed E-state index contributed by atoms with van der Waals surface area (Å²) in [7, 11) is 0. The number of rotatable bonds is 4. The van der Waals surface area contributed by atoms with Crippen LogP contribution < -0.4 is 5.32 Å². The lowest BCUT2D eigenvalue weighted by Crippen LogP contribution is -2.17. The third-order valence-corrected chi connectivity index (χ3v) is 2.84. The summed E-state index contributed by atoms with van der Waals surface area (Å²) in [5, 5.41) is 10.9. The number of benzene rings is 1. The fourth-order valence-electron chi connectivity index (χ4n) is 1.82. The van der Waals surface area contributed by atoms with Crippen LogP contribution in [0.15, 0.2) is 30.3 Å². The molecule has 2 N–H and O–H groups in total. The zero-order chi connectivity index (χ0) is 16.3. The number of aromatic nitrogens is 2. The third kappa shape index (κ3) is 3.72.